The van der Waals surface area contributed by atoms with Crippen LogP contribution in [0.4, 0.5) is 0 Å². The van der Waals surface area contributed by atoms with Crippen molar-refractivity contribution in [2.45, 2.75) is 26.7 Å². The van der Waals surface area contributed by atoms with Gasteiger partial charge >= 0.3 is 6.48 Å². The Hall–Kier alpha value is -0.120. The lowest BCUT2D eigenvalue weighted by Crippen LogP contribution is -2.14. The van der Waals surface area contributed by atoms with Crippen LogP contribution in [0.5, 0.6) is 0 Å². The van der Waals surface area contributed by atoms with E-state index in [0.29, 0.717) is 13.2 Å². The Labute approximate surface area is 55.6 Å². The summed E-state index contributed by atoms with van der Waals surface area (Å²) in [5, 5.41) is 10.4. The Bertz CT molecular complexity index is 56.3. The zero-order valence-electron chi connectivity index (χ0n) is 5.92. The quantitative estimate of drug-likeness (QED) is 0.528. The normalized spacial score (nSPS) is 13.7. The summed E-state index contributed by atoms with van der Waals surface area (Å²) in [7, 11) is 0. The second-order valence-corrected chi connectivity index (χ2v) is 1.61. The van der Waals surface area contributed by atoms with Gasteiger partial charge in [0.25, 0.3) is 0 Å². The van der Waals surface area contributed by atoms with Gasteiger partial charge in [-0.3, -0.25) is 0 Å². The molecule has 1 unspecified atom stereocenters. The van der Waals surface area contributed by atoms with E-state index >= 15 is 0 Å². The van der Waals surface area contributed by atoms with E-state index < -0.39 is 6.48 Å². The molecule has 0 aromatic heterocycles. The van der Waals surface area contributed by atoms with E-state index in [9.17, 15) is 5.11 Å². The van der Waals surface area contributed by atoms with Gasteiger partial charge < -0.3 is 9.47 Å². The summed E-state index contributed by atoms with van der Waals surface area (Å²) in [6.45, 7) is 3.32. The van der Waals surface area contributed by atoms with Crippen LogP contribution in [0.25, 0.3) is 0 Å². The molecule has 3 heteroatoms. The molecule has 0 fully saturated rings. The molecule has 0 aliphatic heterocycles. The molecule has 0 amide bonds. The Morgan fingerprint density at radius 3 is 2.44 bits per heavy atom. The van der Waals surface area contributed by atoms with Crippen molar-refractivity contribution in [3.05, 3.63) is 0 Å². The predicted octanol–water partition coefficient (Wildman–Crippen LogP) is 1.16. The van der Waals surface area contributed by atoms with Crippen molar-refractivity contribution < 1.29 is 14.6 Å². The number of hydrogen-bond donors (Lipinski definition) is 0. The van der Waals surface area contributed by atoms with Crippen LogP contribution in [0.2, 0.25) is 0 Å². The highest BCUT2D eigenvalue weighted by molar-refractivity contribution is 4.22. The van der Waals surface area contributed by atoms with Gasteiger partial charge in [0.05, 0.1) is 6.61 Å². The molecule has 0 aliphatic carbocycles. The molecule has 0 aromatic carbocycles. The molecule has 0 saturated heterocycles. The van der Waals surface area contributed by atoms with Crippen molar-refractivity contribution in [1.29, 1.82) is 0 Å². The minimum atomic E-state index is -1.28. The fourth-order valence-corrected chi connectivity index (χ4v) is 0.398. The zero-order chi connectivity index (χ0) is 7.11. The van der Waals surface area contributed by atoms with Crippen molar-refractivity contribution in [1.82, 2.24) is 0 Å². The standard InChI is InChI=1S/C6H13O3/c1-3-5-9-6(7)8-4-2/h6H,3-5H2,1-2H3. The highest BCUT2D eigenvalue weighted by atomic mass is 16.8. The lowest BCUT2D eigenvalue weighted by atomic mass is 10.5. The smallest absolute Gasteiger partial charge is 0.301 e. The Kier molecular flexibility index (Phi) is 5.93. The topological polar surface area (TPSA) is 38.4 Å². The largest absolute Gasteiger partial charge is 0.328 e. The average Bonchev–Trinajstić information content (AvgIpc) is 1.85. The van der Waals surface area contributed by atoms with Gasteiger partial charge in [-0.25, -0.2) is 0 Å². The molecule has 9 heavy (non-hydrogen) atoms. The minimum Gasteiger partial charge on any atom is -0.328 e. The van der Waals surface area contributed by atoms with Gasteiger partial charge in [0.15, 0.2) is 0 Å². The SMILES string of the molecule is CCCOC([O])OCC. The summed E-state index contributed by atoms with van der Waals surface area (Å²) in [5.41, 5.74) is 0. The van der Waals surface area contributed by atoms with Gasteiger partial charge in [0, 0.05) is 6.61 Å². The van der Waals surface area contributed by atoms with Crippen molar-refractivity contribution in [2.24, 2.45) is 0 Å². The van der Waals surface area contributed by atoms with Crippen LogP contribution in [0.1, 0.15) is 20.3 Å². The molecular formula is C6H13O3. The van der Waals surface area contributed by atoms with E-state index in [1.54, 1.807) is 6.92 Å². The van der Waals surface area contributed by atoms with Gasteiger partial charge in [0.1, 0.15) is 0 Å². The molecule has 0 heterocycles. The average molecular weight is 133 g/mol. The highest BCUT2D eigenvalue weighted by Gasteiger charge is 2.01. The Morgan fingerprint density at radius 1 is 1.33 bits per heavy atom. The highest BCUT2D eigenvalue weighted by Crippen LogP contribution is 1.91. The van der Waals surface area contributed by atoms with Crippen LogP contribution in [-0.2, 0) is 14.6 Å². The molecule has 0 rings (SSSR count). The zero-order valence-corrected chi connectivity index (χ0v) is 5.92. The van der Waals surface area contributed by atoms with E-state index in [4.69, 9.17) is 0 Å². The Balaban J connectivity index is 2.95. The van der Waals surface area contributed by atoms with Gasteiger partial charge in [-0.2, -0.15) is 5.11 Å². The van der Waals surface area contributed by atoms with E-state index in [1.807, 2.05) is 6.92 Å². The summed E-state index contributed by atoms with van der Waals surface area (Å²) in [4.78, 5) is 0. The van der Waals surface area contributed by atoms with Crippen LogP contribution < -0.4 is 0 Å². The van der Waals surface area contributed by atoms with Crippen molar-refractivity contribution in [3.63, 3.8) is 0 Å². The van der Waals surface area contributed by atoms with Crippen molar-refractivity contribution in [2.75, 3.05) is 13.2 Å². The number of rotatable bonds is 5. The van der Waals surface area contributed by atoms with E-state index in [0.717, 1.165) is 6.42 Å². The van der Waals surface area contributed by atoms with Crippen molar-refractivity contribution >= 4 is 0 Å². The molecule has 0 bridgehead atoms. The minimum absolute atomic E-state index is 0.415. The summed E-state index contributed by atoms with van der Waals surface area (Å²) < 4.78 is 9.22. The van der Waals surface area contributed by atoms with Crippen LogP contribution in [0.15, 0.2) is 0 Å². The molecule has 0 aromatic rings. The first-order valence-electron chi connectivity index (χ1n) is 3.20. The van der Waals surface area contributed by atoms with Crippen LogP contribution >= 0.6 is 0 Å². The third-order valence-corrected chi connectivity index (χ3v) is 0.761. The molecular weight excluding hydrogens is 120 g/mol. The second-order valence-electron chi connectivity index (χ2n) is 1.61. The molecule has 1 radical (unpaired) electrons. The monoisotopic (exact) mass is 133 g/mol. The van der Waals surface area contributed by atoms with E-state index in [2.05, 4.69) is 9.47 Å². The van der Waals surface area contributed by atoms with E-state index in [-0.39, 0.29) is 0 Å². The van der Waals surface area contributed by atoms with Crippen LogP contribution in [-0.4, -0.2) is 19.7 Å². The molecule has 3 nitrogen and oxygen atoms in total. The van der Waals surface area contributed by atoms with Gasteiger partial charge in [0.2, 0.25) is 0 Å². The molecule has 55 valence electrons. The first-order valence-corrected chi connectivity index (χ1v) is 3.20. The third-order valence-electron chi connectivity index (χ3n) is 0.761. The molecule has 0 saturated carbocycles. The lowest BCUT2D eigenvalue weighted by molar-refractivity contribution is -0.290. The third kappa shape index (κ3) is 5.76. The van der Waals surface area contributed by atoms with E-state index in [1.165, 1.54) is 0 Å². The maximum Gasteiger partial charge on any atom is 0.301 e. The van der Waals surface area contributed by atoms with Gasteiger partial charge in [-0.05, 0) is 13.3 Å². The predicted molar refractivity (Wildman–Crippen MR) is 32.3 cm³/mol. The van der Waals surface area contributed by atoms with Crippen LogP contribution in [0, 0.1) is 0 Å². The number of hydrogen-bond acceptors (Lipinski definition) is 2. The lowest BCUT2D eigenvalue weighted by Gasteiger charge is -2.06. The molecule has 0 N–H and O–H groups in total. The first kappa shape index (κ1) is 8.88. The van der Waals surface area contributed by atoms with Crippen molar-refractivity contribution in [3.8, 4) is 0 Å². The van der Waals surface area contributed by atoms with Crippen LogP contribution in [0.3, 0.4) is 0 Å². The fourth-order valence-electron chi connectivity index (χ4n) is 0.398. The van der Waals surface area contributed by atoms with Gasteiger partial charge in [-0.15, -0.1) is 0 Å². The maximum absolute atomic E-state index is 10.4. The fraction of sp³-hybridized carbons (Fsp3) is 1.00. The Morgan fingerprint density at radius 2 is 2.00 bits per heavy atom. The summed E-state index contributed by atoms with van der Waals surface area (Å²) >= 11 is 0. The molecule has 1 atom stereocenters. The number of ether oxygens (including phenoxy) is 2. The molecule has 0 spiro atoms. The first-order chi connectivity index (χ1) is 4.31. The van der Waals surface area contributed by atoms with Gasteiger partial charge in [-0.1, -0.05) is 6.92 Å². The molecule has 0 aliphatic rings. The second kappa shape index (κ2) is 6.01. The summed E-state index contributed by atoms with van der Waals surface area (Å²) in [6.07, 6.45) is 0.853. The summed E-state index contributed by atoms with van der Waals surface area (Å²) in [5.74, 6) is 0. The maximum atomic E-state index is 10.4. The summed E-state index contributed by atoms with van der Waals surface area (Å²) in [6, 6.07) is 0.